The second kappa shape index (κ2) is 4.57. The van der Waals surface area contributed by atoms with Crippen molar-refractivity contribution in [1.82, 2.24) is 19.5 Å². The van der Waals surface area contributed by atoms with Crippen LogP contribution in [-0.4, -0.2) is 53.7 Å². The molecule has 2 aromatic heterocycles. The van der Waals surface area contributed by atoms with Crippen molar-refractivity contribution in [2.75, 3.05) is 6.61 Å². The van der Waals surface area contributed by atoms with Gasteiger partial charge in [0.1, 0.15) is 17.8 Å². The quantitative estimate of drug-likeness (QED) is 0.657. The summed E-state index contributed by atoms with van der Waals surface area (Å²) >= 11 is 5.85. The Morgan fingerprint density at radius 3 is 2.95 bits per heavy atom. The van der Waals surface area contributed by atoms with Crippen molar-refractivity contribution in [3.8, 4) is 6.01 Å². The van der Waals surface area contributed by atoms with E-state index in [1.807, 2.05) is 0 Å². The minimum absolute atomic E-state index is 0.0403. The highest BCUT2D eigenvalue weighted by atomic mass is 35.5. The SMILES string of the molecule is OC[C@@H]1O[C@H](n2cnc3c(Cl)nc(O)nc32)C[C@H]1O. The fourth-order valence-electron chi connectivity index (χ4n) is 2.13. The molecule has 8 nitrogen and oxygen atoms in total. The van der Waals surface area contributed by atoms with E-state index in [2.05, 4.69) is 15.0 Å². The molecule has 0 amide bonds. The fraction of sp³-hybridized carbons (Fsp3) is 0.500. The Hall–Kier alpha value is -1.48. The van der Waals surface area contributed by atoms with Crippen LogP contribution in [0.1, 0.15) is 12.6 Å². The van der Waals surface area contributed by atoms with E-state index >= 15 is 0 Å². The zero-order chi connectivity index (χ0) is 13.6. The molecule has 0 aliphatic carbocycles. The molecule has 2 aromatic rings. The van der Waals surface area contributed by atoms with Crippen LogP contribution in [0.3, 0.4) is 0 Å². The lowest BCUT2D eigenvalue weighted by atomic mass is 10.2. The van der Waals surface area contributed by atoms with Crippen LogP contribution in [0.5, 0.6) is 6.01 Å². The van der Waals surface area contributed by atoms with E-state index < -0.39 is 24.4 Å². The summed E-state index contributed by atoms with van der Waals surface area (Å²) in [5, 5.41) is 28.2. The summed E-state index contributed by atoms with van der Waals surface area (Å²) < 4.78 is 7.04. The molecule has 1 saturated heterocycles. The molecule has 1 aliphatic rings. The third kappa shape index (κ3) is 2.02. The van der Waals surface area contributed by atoms with Gasteiger partial charge in [-0.3, -0.25) is 4.57 Å². The van der Waals surface area contributed by atoms with Crippen molar-refractivity contribution in [2.24, 2.45) is 0 Å². The van der Waals surface area contributed by atoms with Crippen LogP contribution in [0.25, 0.3) is 11.2 Å². The van der Waals surface area contributed by atoms with Gasteiger partial charge in [-0.15, -0.1) is 0 Å². The number of aromatic nitrogens is 4. The molecule has 0 bridgehead atoms. The maximum atomic E-state index is 9.71. The topological polar surface area (TPSA) is 114 Å². The second-order valence-corrected chi connectivity index (χ2v) is 4.61. The lowest BCUT2D eigenvalue weighted by Crippen LogP contribution is -2.24. The van der Waals surface area contributed by atoms with Crippen LogP contribution in [-0.2, 0) is 4.74 Å². The molecular weight excluding hydrogens is 276 g/mol. The average Bonchev–Trinajstić information content (AvgIpc) is 2.92. The van der Waals surface area contributed by atoms with E-state index in [0.717, 1.165) is 0 Å². The summed E-state index contributed by atoms with van der Waals surface area (Å²) in [4.78, 5) is 11.5. The molecule has 0 spiro atoms. The predicted molar refractivity (Wildman–Crippen MR) is 63.6 cm³/mol. The number of aliphatic hydroxyl groups excluding tert-OH is 2. The molecule has 9 heteroatoms. The van der Waals surface area contributed by atoms with Crippen molar-refractivity contribution in [3.63, 3.8) is 0 Å². The monoisotopic (exact) mass is 286 g/mol. The summed E-state index contributed by atoms with van der Waals surface area (Å²) in [5.74, 6) is 0. The van der Waals surface area contributed by atoms with E-state index in [1.54, 1.807) is 4.57 Å². The van der Waals surface area contributed by atoms with Gasteiger partial charge in [0.25, 0.3) is 0 Å². The maximum Gasteiger partial charge on any atom is 0.317 e. The van der Waals surface area contributed by atoms with Gasteiger partial charge < -0.3 is 20.1 Å². The minimum atomic E-state index is -0.765. The van der Waals surface area contributed by atoms with Gasteiger partial charge in [-0.05, 0) is 0 Å². The molecule has 0 unspecified atom stereocenters. The third-order valence-electron chi connectivity index (χ3n) is 3.06. The molecule has 3 heterocycles. The molecule has 19 heavy (non-hydrogen) atoms. The van der Waals surface area contributed by atoms with E-state index in [4.69, 9.17) is 21.4 Å². The fourth-order valence-corrected chi connectivity index (χ4v) is 2.34. The number of imidazole rings is 1. The largest absolute Gasteiger partial charge is 0.479 e. The number of ether oxygens (including phenoxy) is 1. The van der Waals surface area contributed by atoms with Crippen LogP contribution in [0.15, 0.2) is 6.33 Å². The number of hydrogen-bond donors (Lipinski definition) is 3. The van der Waals surface area contributed by atoms with Gasteiger partial charge in [-0.2, -0.15) is 9.97 Å². The van der Waals surface area contributed by atoms with Crippen LogP contribution in [0, 0.1) is 0 Å². The molecule has 3 atom stereocenters. The summed E-state index contributed by atoms with van der Waals surface area (Å²) in [6.45, 7) is -0.273. The van der Waals surface area contributed by atoms with Crippen LogP contribution < -0.4 is 0 Å². The predicted octanol–water partition coefficient (Wildman–Crippen LogP) is -0.174. The molecule has 1 aliphatic heterocycles. The van der Waals surface area contributed by atoms with Gasteiger partial charge >= 0.3 is 6.01 Å². The van der Waals surface area contributed by atoms with Gasteiger partial charge in [-0.25, -0.2) is 4.98 Å². The summed E-state index contributed by atoms with van der Waals surface area (Å²) in [6.07, 6.45) is -0.199. The molecule has 102 valence electrons. The van der Waals surface area contributed by atoms with Crippen LogP contribution >= 0.6 is 11.6 Å². The Morgan fingerprint density at radius 2 is 2.26 bits per heavy atom. The standard InChI is InChI=1S/C10H11ClN4O4/c11-8-7-9(14-10(18)13-8)15(3-12-7)6-1-4(17)5(2-16)19-6/h3-6,16-17H,1-2H2,(H,13,14,18)/t4-,5+,6+/m1/s1. The number of rotatable bonds is 2. The molecular formula is C10H11ClN4O4. The normalized spacial score (nSPS) is 27.2. The van der Waals surface area contributed by atoms with E-state index in [1.165, 1.54) is 6.33 Å². The van der Waals surface area contributed by atoms with Gasteiger partial charge in [0.15, 0.2) is 10.8 Å². The molecule has 3 N–H and O–H groups in total. The lowest BCUT2D eigenvalue weighted by Gasteiger charge is -2.13. The highest BCUT2D eigenvalue weighted by molar-refractivity contribution is 6.33. The summed E-state index contributed by atoms with van der Waals surface area (Å²) in [7, 11) is 0. The lowest BCUT2D eigenvalue weighted by molar-refractivity contribution is -0.0432. The van der Waals surface area contributed by atoms with Gasteiger partial charge in [0, 0.05) is 6.42 Å². The van der Waals surface area contributed by atoms with Gasteiger partial charge in [0.2, 0.25) is 0 Å². The van der Waals surface area contributed by atoms with Gasteiger partial charge in [0.05, 0.1) is 19.0 Å². The number of fused-ring (bicyclic) bond motifs is 1. The molecule has 3 rings (SSSR count). The van der Waals surface area contributed by atoms with Crippen molar-refractivity contribution >= 4 is 22.8 Å². The van der Waals surface area contributed by atoms with E-state index in [0.29, 0.717) is 17.6 Å². The highest BCUT2D eigenvalue weighted by Gasteiger charge is 2.35. The Kier molecular flexibility index (Phi) is 3.02. The number of hydrogen-bond acceptors (Lipinski definition) is 7. The van der Waals surface area contributed by atoms with Crippen molar-refractivity contribution < 1.29 is 20.1 Å². The first-order valence-electron chi connectivity index (χ1n) is 5.63. The first-order valence-corrected chi connectivity index (χ1v) is 6.01. The third-order valence-corrected chi connectivity index (χ3v) is 3.32. The number of nitrogens with zero attached hydrogens (tertiary/aromatic N) is 4. The number of aromatic hydroxyl groups is 1. The Balaban J connectivity index is 2.02. The van der Waals surface area contributed by atoms with Crippen LogP contribution in [0.2, 0.25) is 5.15 Å². The maximum absolute atomic E-state index is 9.71. The molecule has 0 radical (unpaired) electrons. The molecule has 0 saturated carbocycles. The minimum Gasteiger partial charge on any atom is -0.479 e. The number of aliphatic hydroxyl groups is 2. The van der Waals surface area contributed by atoms with Crippen molar-refractivity contribution in [2.45, 2.75) is 24.9 Å². The first kappa shape index (κ1) is 12.5. The zero-order valence-electron chi connectivity index (χ0n) is 9.64. The van der Waals surface area contributed by atoms with Crippen molar-refractivity contribution in [1.29, 1.82) is 0 Å². The number of halogens is 1. The molecule has 1 fully saturated rings. The molecule has 0 aromatic carbocycles. The average molecular weight is 287 g/mol. The summed E-state index contributed by atoms with van der Waals surface area (Å²) in [6, 6.07) is -0.462. The smallest absolute Gasteiger partial charge is 0.317 e. The highest BCUT2D eigenvalue weighted by Crippen LogP contribution is 2.32. The van der Waals surface area contributed by atoms with E-state index in [9.17, 15) is 10.2 Å². The Morgan fingerprint density at radius 1 is 1.47 bits per heavy atom. The van der Waals surface area contributed by atoms with Gasteiger partial charge in [-0.1, -0.05) is 11.6 Å². The van der Waals surface area contributed by atoms with Crippen LogP contribution in [0.4, 0.5) is 0 Å². The zero-order valence-corrected chi connectivity index (χ0v) is 10.4. The Bertz CT molecular complexity index is 619. The second-order valence-electron chi connectivity index (χ2n) is 4.25. The van der Waals surface area contributed by atoms with Crippen molar-refractivity contribution in [3.05, 3.63) is 11.5 Å². The first-order chi connectivity index (χ1) is 9.10. The Labute approximate surface area is 112 Å². The summed E-state index contributed by atoms with van der Waals surface area (Å²) in [5.41, 5.74) is 0.651. The van der Waals surface area contributed by atoms with E-state index in [-0.39, 0.29) is 11.8 Å².